The number of amides is 2. The first kappa shape index (κ1) is 19.8. The van der Waals surface area contributed by atoms with Crippen LogP contribution >= 0.6 is 0 Å². The molecule has 8 nitrogen and oxygen atoms in total. The number of primary amides is 1. The van der Waals surface area contributed by atoms with Crippen molar-refractivity contribution in [3.63, 3.8) is 0 Å². The zero-order valence-corrected chi connectivity index (χ0v) is 15.6. The van der Waals surface area contributed by atoms with Gasteiger partial charge in [0, 0.05) is 18.9 Å². The molecule has 3 rings (SSSR count). The van der Waals surface area contributed by atoms with Gasteiger partial charge in [-0.25, -0.2) is 4.98 Å². The van der Waals surface area contributed by atoms with Crippen molar-refractivity contribution in [2.24, 2.45) is 5.73 Å². The number of carbonyl (C=O) groups is 3. The summed E-state index contributed by atoms with van der Waals surface area (Å²) in [4.78, 5) is 40.8. The lowest BCUT2D eigenvalue weighted by Crippen LogP contribution is -2.47. The number of nitrogens with one attached hydrogen (secondary N) is 1. The van der Waals surface area contributed by atoms with Crippen molar-refractivity contribution in [2.45, 2.75) is 19.4 Å². The molecule has 0 radical (unpaired) electrons. The smallest absolute Gasteiger partial charge is 0.290 e. The number of carbonyl (C=O) groups excluding carboxylic acids is 3. The lowest BCUT2D eigenvalue weighted by atomic mass is 10.0. The van der Waals surface area contributed by atoms with Gasteiger partial charge in [-0.1, -0.05) is 42.5 Å². The van der Waals surface area contributed by atoms with Crippen LogP contribution in [0.1, 0.15) is 22.0 Å². The van der Waals surface area contributed by atoms with E-state index in [4.69, 9.17) is 10.2 Å². The lowest BCUT2D eigenvalue weighted by Gasteiger charge is -2.16. The van der Waals surface area contributed by atoms with Crippen LogP contribution in [0.5, 0.6) is 5.75 Å². The van der Waals surface area contributed by atoms with Crippen molar-refractivity contribution in [3.8, 4) is 17.0 Å². The van der Waals surface area contributed by atoms with Crippen molar-refractivity contribution in [3.05, 3.63) is 71.8 Å². The first-order valence-electron chi connectivity index (χ1n) is 8.80. The van der Waals surface area contributed by atoms with Crippen molar-refractivity contribution in [2.75, 3.05) is 0 Å². The van der Waals surface area contributed by atoms with Gasteiger partial charge in [0.05, 0.1) is 0 Å². The van der Waals surface area contributed by atoms with Crippen molar-refractivity contribution in [1.29, 1.82) is 0 Å². The van der Waals surface area contributed by atoms with Gasteiger partial charge < -0.3 is 20.6 Å². The first-order valence-corrected chi connectivity index (χ1v) is 8.80. The monoisotopic (exact) mass is 393 g/mol. The molecule has 0 saturated heterocycles. The van der Waals surface area contributed by atoms with E-state index in [1.54, 1.807) is 43.3 Å². The van der Waals surface area contributed by atoms with E-state index < -0.39 is 23.6 Å². The Bertz CT molecular complexity index is 1040. The van der Waals surface area contributed by atoms with Gasteiger partial charge in [0.15, 0.2) is 5.89 Å². The number of aromatic nitrogens is 1. The summed E-state index contributed by atoms with van der Waals surface area (Å²) in [5.74, 6) is -2.52. The molecule has 0 bridgehead atoms. The number of phenolic OH excluding ortho intramolecular Hbond substituents is 1. The summed E-state index contributed by atoms with van der Waals surface area (Å²) in [6.45, 7) is 1.60. The molecule has 4 N–H and O–H groups in total. The van der Waals surface area contributed by atoms with Gasteiger partial charge in [0.25, 0.3) is 11.8 Å². The van der Waals surface area contributed by atoms with Gasteiger partial charge in [-0.15, -0.1) is 0 Å². The molecular formula is C21H19N3O5. The van der Waals surface area contributed by atoms with Crippen LogP contribution < -0.4 is 11.1 Å². The minimum atomic E-state index is -1.20. The molecule has 1 heterocycles. The van der Waals surface area contributed by atoms with E-state index in [2.05, 4.69) is 10.3 Å². The Kier molecular flexibility index (Phi) is 5.73. The summed E-state index contributed by atoms with van der Waals surface area (Å²) < 4.78 is 5.45. The highest BCUT2D eigenvalue weighted by Gasteiger charge is 2.29. The second-order valence-electron chi connectivity index (χ2n) is 6.40. The molecule has 0 aliphatic heterocycles. The third-order valence-corrected chi connectivity index (χ3v) is 4.23. The molecule has 0 spiro atoms. The Morgan fingerprint density at radius 2 is 1.76 bits per heavy atom. The third-order valence-electron chi connectivity index (χ3n) is 4.23. The summed E-state index contributed by atoms with van der Waals surface area (Å²) in [5, 5.41) is 11.9. The Morgan fingerprint density at radius 1 is 1.10 bits per heavy atom. The predicted molar refractivity (Wildman–Crippen MR) is 104 cm³/mol. The number of aromatic hydroxyl groups is 1. The normalized spacial score (nSPS) is 11.6. The molecule has 1 unspecified atom stereocenters. The maximum atomic E-state index is 12.8. The van der Waals surface area contributed by atoms with E-state index >= 15 is 0 Å². The Hall–Kier alpha value is -3.94. The van der Waals surface area contributed by atoms with Crippen LogP contribution in [0.15, 0.2) is 59.0 Å². The van der Waals surface area contributed by atoms with Gasteiger partial charge >= 0.3 is 0 Å². The molecule has 2 amide bonds. The first-order chi connectivity index (χ1) is 13.8. The quantitative estimate of drug-likeness (QED) is 0.523. The number of hydrogen-bond donors (Lipinski definition) is 3. The van der Waals surface area contributed by atoms with Crippen molar-refractivity contribution >= 4 is 17.6 Å². The average Bonchev–Trinajstić information content (AvgIpc) is 3.11. The fraction of sp³-hybridized carbons (Fsp3) is 0.143. The van der Waals surface area contributed by atoms with E-state index in [0.717, 1.165) is 0 Å². The fourth-order valence-electron chi connectivity index (χ4n) is 2.85. The number of rotatable bonds is 7. The number of hydrogen-bond acceptors (Lipinski definition) is 6. The number of benzene rings is 2. The zero-order valence-electron chi connectivity index (χ0n) is 15.6. The number of oxazole rings is 1. The molecule has 1 aromatic heterocycles. The summed E-state index contributed by atoms with van der Waals surface area (Å²) >= 11 is 0. The highest BCUT2D eigenvalue weighted by molar-refractivity contribution is 6.38. The van der Waals surface area contributed by atoms with Gasteiger partial charge in [-0.05, 0) is 17.7 Å². The molecule has 0 aliphatic carbocycles. The van der Waals surface area contributed by atoms with Crippen LogP contribution in [0, 0.1) is 6.92 Å². The summed E-state index contributed by atoms with van der Waals surface area (Å²) in [5.41, 5.74) is 6.76. The maximum absolute atomic E-state index is 12.8. The van der Waals surface area contributed by atoms with Crippen molar-refractivity contribution < 1.29 is 23.9 Å². The highest BCUT2D eigenvalue weighted by atomic mass is 16.4. The molecule has 0 saturated carbocycles. The minimum absolute atomic E-state index is 0.0155. The molecule has 3 aromatic rings. The molecule has 8 heteroatoms. The van der Waals surface area contributed by atoms with Gasteiger partial charge in [-0.3, -0.25) is 14.4 Å². The topological polar surface area (TPSA) is 136 Å². The predicted octanol–water partition coefficient (Wildman–Crippen LogP) is 1.75. The third kappa shape index (κ3) is 4.67. The number of nitrogens with zero attached hydrogens (tertiary/aromatic N) is 1. The van der Waals surface area contributed by atoms with Crippen LogP contribution in [0.2, 0.25) is 0 Å². The van der Waals surface area contributed by atoms with Crippen molar-refractivity contribution in [1.82, 2.24) is 10.3 Å². The summed E-state index contributed by atoms with van der Waals surface area (Å²) in [6, 6.07) is 13.8. The zero-order chi connectivity index (χ0) is 21.0. The second kappa shape index (κ2) is 8.39. The molecule has 2 aromatic carbocycles. The lowest BCUT2D eigenvalue weighted by molar-refractivity contribution is -0.137. The molecule has 1 atom stereocenters. The Morgan fingerprint density at radius 3 is 2.38 bits per heavy atom. The number of aryl methyl sites for hydroxylation is 1. The van der Waals surface area contributed by atoms with E-state index in [-0.39, 0.29) is 23.8 Å². The number of ketones is 1. The highest BCUT2D eigenvalue weighted by Crippen LogP contribution is 2.24. The number of Topliss-reactive ketones (excluding diaryl/α,β-unsaturated/α-hetero) is 1. The number of nitrogens with two attached hydrogens (primary N) is 1. The van der Waals surface area contributed by atoms with E-state index in [1.807, 2.05) is 6.07 Å². The van der Waals surface area contributed by atoms with E-state index in [0.29, 0.717) is 16.8 Å². The molecule has 29 heavy (non-hydrogen) atoms. The van der Waals surface area contributed by atoms with Crippen LogP contribution in [0.4, 0.5) is 0 Å². The second-order valence-corrected chi connectivity index (χ2v) is 6.40. The van der Waals surface area contributed by atoms with Crippen LogP contribution in [0.25, 0.3) is 11.3 Å². The van der Waals surface area contributed by atoms with Crippen LogP contribution in [-0.2, 0) is 16.0 Å². The van der Waals surface area contributed by atoms with Gasteiger partial charge in [0.1, 0.15) is 17.5 Å². The molecular weight excluding hydrogens is 374 g/mol. The Labute approximate surface area is 166 Å². The van der Waals surface area contributed by atoms with E-state index in [1.165, 1.54) is 12.1 Å². The average molecular weight is 393 g/mol. The fourth-order valence-corrected chi connectivity index (χ4v) is 2.85. The maximum Gasteiger partial charge on any atom is 0.290 e. The molecule has 148 valence electrons. The van der Waals surface area contributed by atoms with E-state index in [9.17, 15) is 19.5 Å². The SMILES string of the molecule is Cc1nc(-c2ccccc2)c(C(=O)NC(Cc2ccc(O)cc2)C(=O)C(N)=O)o1. The van der Waals surface area contributed by atoms with Crippen LogP contribution in [-0.4, -0.2) is 33.7 Å². The standard InChI is InChI=1S/C21H19N3O5/c1-12-23-17(14-5-3-2-4-6-14)19(29-12)21(28)24-16(18(26)20(22)27)11-13-7-9-15(25)10-8-13/h2-10,16,25H,11H2,1H3,(H2,22,27)(H,24,28). The summed E-state index contributed by atoms with van der Waals surface area (Å²) in [7, 11) is 0. The van der Waals surface area contributed by atoms with Gasteiger partial charge in [-0.2, -0.15) is 0 Å². The molecule has 0 aliphatic rings. The Balaban J connectivity index is 1.88. The molecule has 0 fully saturated rings. The largest absolute Gasteiger partial charge is 0.508 e. The number of phenols is 1. The summed E-state index contributed by atoms with van der Waals surface area (Å²) in [6.07, 6.45) is 0.0155. The van der Waals surface area contributed by atoms with Gasteiger partial charge in [0.2, 0.25) is 11.5 Å². The van der Waals surface area contributed by atoms with Crippen LogP contribution in [0.3, 0.4) is 0 Å². The minimum Gasteiger partial charge on any atom is -0.508 e.